The van der Waals surface area contributed by atoms with Gasteiger partial charge in [-0.2, -0.15) is 0 Å². The van der Waals surface area contributed by atoms with Crippen molar-refractivity contribution in [1.29, 1.82) is 0 Å². The smallest absolute Gasteiger partial charge is 0.253 e. The van der Waals surface area contributed by atoms with E-state index in [1.807, 2.05) is 61.5 Å². The Bertz CT molecular complexity index is 1220. The first-order valence-corrected chi connectivity index (χ1v) is 9.62. The van der Waals surface area contributed by atoms with Crippen LogP contribution < -0.4 is 4.74 Å². The Morgan fingerprint density at radius 1 is 1.03 bits per heavy atom. The molecule has 0 aliphatic heterocycles. The third-order valence-corrected chi connectivity index (χ3v) is 5.01. The topological polar surface area (TPSA) is 68.2 Å². The molecule has 0 spiro atoms. The number of hydrogen-bond acceptors (Lipinski definition) is 5. The number of carbonyl (C=O) groups excluding carboxylic acids is 1. The van der Waals surface area contributed by atoms with E-state index in [-0.39, 0.29) is 5.91 Å². The van der Waals surface area contributed by atoms with E-state index in [0.717, 1.165) is 39.2 Å². The highest BCUT2D eigenvalue weighted by molar-refractivity contribution is 5.95. The normalized spacial score (nSPS) is 10.8. The summed E-state index contributed by atoms with van der Waals surface area (Å²) in [6, 6.07) is 17.2. The van der Waals surface area contributed by atoms with Crippen LogP contribution in [0.25, 0.3) is 22.2 Å². The van der Waals surface area contributed by atoms with Crippen molar-refractivity contribution in [2.24, 2.45) is 0 Å². The standard InChI is InChI=1S/C24H22N4O2/c1-16-12-21(27-15-26-16)17-6-4-7-18(13-17)24(29)28(2)14-19-9-10-22(30-3)23-20(19)8-5-11-25-23/h4-13,15H,14H2,1-3H3. The van der Waals surface area contributed by atoms with Crippen LogP contribution >= 0.6 is 0 Å². The number of hydrogen-bond donors (Lipinski definition) is 0. The molecule has 0 unspecified atom stereocenters. The molecule has 4 aromatic rings. The summed E-state index contributed by atoms with van der Waals surface area (Å²) in [5, 5.41) is 0.974. The number of benzene rings is 2. The van der Waals surface area contributed by atoms with Crippen LogP contribution in [0.2, 0.25) is 0 Å². The van der Waals surface area contributed by atoms with Gasteiger partial charge in [-0.15, -0.1) is 0 Å². The molecule has 4 rings (SSSR count). The van der Waals surface area contributed by atoms with Gasteiger partial charge in [-0.1, -0.05) is 24.3 Å². The molecule has 0 bridgehead atoms. The Hall–Kier alpha value is -3.80. The van der Waals surface area contributed by atoms with Crippen LogP contribution in [0.1, 0.15) is 21.6 Å². The number of nitrogens with zero attached hydrogens (tertiary/aromatic N) is 4. The molecule has 6 heteroatoms. The maximum Gasteiger partial charge on any atom is 0.253 e. The Morgan fingerprint density at radius 2 is 1.90 bits per heavy atom. The summed E-state index contributed by atoms with van der Waals surface area (Å²) in [6.45, 7) is 2.38. The maximum atomic E-state index is 13.1. The predicted molar refractivity (Wildman–Crippen MR) is 116 cm³/mol. The number of aromatic nitrogens is 3. The first-order valence-electron chi connectivity index (χ1n) is 9.62. The molecule has 0 N–H and O–H groups in total. The van der Waals surface area contributed by atoms with Crippen LogP contribution in [0.5, 0.6) is 5.75 Å². The first kappa shape index (κ1) is 19.5. The van der Waals surface area contributed by atoms with Crippen LogP contribution in [0.3, 0.4) is 0 Å². The highest BCUT2D eigenvalue weighted by Crippen LogP contribution is 2.27. The highest BCUT2D eigenvalue weighted by atomic mass is 16.5. The molecule has 6 nitrogen and oxygen atoms in total. The molecule has 2 heterocycles. The van der Waals surface area contributed by atoms with Crippen molar-refractivity contribution in [1.82, 2.24) is 19.9 Å². The van der Waals surface area contributed by atoms with Gasteiger partial charge in [-0.3, -0.25) is 9.78 Å². The molecule has 2 aromatic carbocycles. The maximum absolute atomic E-state index is 13.1. The second-order valence-electron chi connectivity index (χ2n) is 7.11. The quantitative estimate of drug-likeness (QED) is 0.502. The zero-order valence-electron chi connectivity index (χ0n) is 17.2. The van der Waals surface area contributed by atoms with Gasteiger partial charge in [-0.05, 0) is 42.8 Å². The van der Waals surface area contributed by atoms with Crippen molar-refractivity contribution in [2.75, 3.05) is 14.2 Å². The number of aryl methyl sites for hydroxylation is 1. The number of fused-ring (bicyclic) bond motifs is 1. The van der Waals surface area contributed by atoms with E-state index in [9.17, 15) is 4.79 Å². The lowest BCUT2D eigenvalue weighted by molar-refractivity contribution is 0.0785. The number of amides is 1. The third-order valence-electron chi connectivity index (χ3n) is 5.01. The zero-order chi connectivity index (χ0) is 21.1. The van der Waals surface area contributed by atoms with E-state index in [1.165, 1.54) is 6.33 Å². The van der Waals surface area contributed by atoms with Crippen LogP contribution in [0.15, 0.2) is 67.1 Å². The minimum Gasteiger partial charge on any atom is -0.494 e. The molecule has 150 valence electrons. The SMILES string of the molecule is COc1ccc(CN(C)C(=O)c2cccc(-c3cc(C)ncn3)c2)c2cccnc12. The van der Waals surface area contributed by atoms with Crippen LogP contribution in [-0.4, -0.2) is 39.9 Å². The summed E-state index contributed by atoms with van der Waals surface area (Å²) >= 11 is 0. The van der Waals surface area contributed by atoms with Gasteiger partial charge < -0.3 is 9.64 Å². The summed E-state index contributed by atoms with van der Waals surface area (Å²) in [6.07, 6.45) is 3.28. The Kier molecular flexibility index (Phi) is 5.39. The van der Waals surface area contributed by atoms with Gasteiger partial charge in [0.15, 0.2) is 0 Å². The van der Waals surface area contributed by atoms with E-state index >= 15 is 0 Å². The Labute approximate surface area is 175 Å². The minimum absolute atomic E-state index is 0.0597. The number of ether oxygens (including phenoxy) is 1. The average molecular weight is 398 g/mol. The van der Waals surface area contributed by atoms with E-state index in [1.54, 1.807) is 25.3 Å². The summed E-state index contributed by atoms with van der Waals surface area (Å²) in [5.41, 5.74) is 4.98. The zero-order valence-corrected chi connectivity index (χ0v) is 17.2. The van der Waals surface area contributed by atoms with Crippen molar-refractivity contribution in [3.05, 3.63) is 83.9 Å². The Morgan fingerprint density at radius 3 is 2.70 bits per heavy atom. The largest absolute Gasteiger partial charge is 0.494 e. The lowest BCUT2D eigenvalue weighted by Gasteiger charge is -2.19. The van der Waals surface area contributed by atoms with Gasteiger partial charge >= 0.3 is 0 Å². The molecular weight excluding hydrogens is 376 g/mol. The van der Waals surface area contributed by atoms with Crippen molar-refractivity contribution in [3.8, 4) is 17.0 Å². The van der Waals surface area contributed by atoms with Crippen LogP contribution in [-0.2, 0) is 6.54 Å². The molecule has 0 saturated carbocycles. The van der Waals surface area contributed by atoms with Crippen molar-refractivity contribution >= 4 is 16.8 Å². The molecule has 0 fully saturated rings. The van der Waals surface area contributed by atoms with Crippen molar-refractivity contribution in [3.63, 3.8) is 0 Å². The van der Waals surface area contributed by atoms with Gasteiger partial charge in [0.2, 0.25) is 0 Å². The van der Waals surface area contributed by atoms with Gasteiger partial charge in [-0.25, -0.2) is 9.97 Å². The second-order valence-corrected chi connectivity index (χ2v) is 7.11. The monoisotopic (exact) mass is 398 g/mol. The molecule has 2 aromatic heterocycles. The molecule has 30 heavy (non-hydrogen) atoms. The first-order chi connectivity index (χ1) is 14.6. The third kappa shape index (κ3) is 3.85. The Balaban J connectivity index is 1.61. The van der Waals surface area contributed by atoms with Gasteiger partial charge in [0, 0.05) is 42.0 Å². The van der Waals surface area contributed by atoms with Crippen LogP contribution in [0.4, 0.5) is 0 Å². The van der Waals surface area contributed by atoms with Gasteiger partial charge in [0.1, 0.15) is 17.6 Å². The van der Waals surface area contributed by atoms with Crippen molar-refractivity contribution in [2.45, 2.75) is 13.5 Å². The van der Waals surface area contributed by atoms with E-state index in [0.29, 0.717) is 12.1 Å². The number of methoxy groups -OCH3 is 1. The average Bonchev–Trinajstić information content (AvgIpc) is 2.79. The molecular formula is C24H22N4O2. The fourth-order valence-electron chi connectivity index (χ4n) is 3.48. The molecule has 0 radical (unpaired) electrons. The molecule has 0 aliphatic carbocycles. The number of carbonyl (C=O) groups is 1. The van der Waals surface area contributed by atoms with Crippen molar-refractivity contribution < 1.29 is 9.53 Å². The van der Waals surface area contributed by atoms with E-state index in [4.69, 9.17) is 4.74 Å². The lowest BCUT2D eigenvalue weighted by atomic mass is 10.0. The fraction of sp³-hybridized carbons (Fsp3) is 0.167. The molecule has 0 aliphatic rings. The fourth-order valence-corrected chi connectivity index (χ4v) is 3.48. The van der Waals surface area contributed by atoms with Gasteiger partial charge in [0.25, 0.3) is 5.91 Å². The number of pyridine rings is 1. The van der Waals surface area contributed by atoms with Gasteiger partial charge in [0.05, 0.1) is 12.8 Å². The summed E-state index contributed by atoms with van der Waals surface area (Å²) in [5.74, 6) is 0.659. The molecule has 0 atom stereocenters. The number of rotatable bonds is 5. The predicted octanol–water partition coefficient (Wildman–Crippen LogP) is 4.28. The van der Waals surface area contributed by atoms with Crippen LogP contribution in [0, 0.1) is 6.92 Å². The molecule has 1 amide bonds. The second kappa shape index (κ2) is 8.29. The highest BCUT2D eigenvalue weighted by Gasteiger charge is 2.16. The summed E-state index contributed by atoms with van der Waals surface area (Å²) in [4.78, 5) is 27.7. The minimum atomic E-state index is -0.0597. The summed E-state index contributed by atoms with van der Waals surface area (Å²) in [7, 11) is 3.43. The van der Waals surface area contributed by atoms with E-state index in [2.05, 4.69) is 15.0 Å². The summed E-state index contributed by atoms with van der Waals surface area (Å²) < 4.78 is 5.41. The van der Waals surface area contributed by atoms with E-state index < -0.39 is 0 Å². The lowest BCUT2D eigenvalue weighted by Crippen LogP contribution is -2.26. The molecule has 0 saturated heterocycles.